The highest BCUT2D eigenvalue weighted by Gasteiger charge is 2.02. The van der Waals surface area contributed by atoms with E-state index in [2.05, 4.69) is 20.6 Å². The average molecular weight is 259 g/mol. The van der Waals surface area contributed by atoms with E-state index in [1.165, 1.54) is 19.0 Å². The fourth-order valence-electron chi connectivity index (χ4n) is 1.22. The molecule has 0 aromatic carbocycles. The summed E-state index contributed by atoms with van der Waals surface area (Å²) in [5.74, 6) is 0.368. The Kier molecular flexibility index (Phi) is 6.27. The highest BCUT2D eigenvalue weighted by molar-refractivity contribution is 6.28. The van der Waals surface area contributed by atoms with Gasteiger partial charge in [-0.1, -0.05) is 0 Å². The Morgan fingerprint density at radius 3 is 2.65 bits per heavy atom. The molecular formula is C10H15ClN4O2. The molecule has 2 N–H and O–H groups in total. The third-order valence-electron chi connectivity index (χ3n) is 2.05. The van der Waals surface area contributed by atoms with Crippen LogP contribution in [0.4, 0.5) is 11.5 Å². The van der Waals surface area contributed by atoms with E-state index < -0.39 is 0 Å². The van der Waals surface area contributed by atoms with E-state index in [1.54, 1.807) is 7.05 Å². The van der Waals surface area contributed by atoms with Crippen molar-refractivity contribution in [3.05, 3.63) is 11.5 Å². The van der Waals surface area contributed by atoms with Gasteiger partial charge in [0.25, 0.3) is 0 Å². The number of anilines is 2. The number of hydrogen-bond acceptors (Lipinski definition) is 5. The molecule has 2 heterocycles. The van der Waals surface area contributed by atoms with Crippen molar-refractivity contribution in [2.45, 2.75) is 12.8 Å². The van der Waals surface area contributed by atoms with Gasteiger partial charge in [-0.05, 0) is 24.4 Å². The number of carbonyl (C=O) groups is 1. The Hall–Kier alpha value is -1.40. The number of hydrogen-bond donors (Lipinski definition) is 2. The van der Waals surface area contributed by atoms with E-state index in [9.17, 15) is 4.79 Å². The van der Waals surface area contributed by atoms with E-state index in [0.29, 0.717) is 17.9 Å². The van der Waals surface area contributed by atoms with Crippen molar-refractivity contribution in [3.8, 4) is 0 Å². The van der Waals surface area contributed by atoms with Crippen molar-refractivity contribution < 1.29 is 9.53 Å². The van der Waals surface area contributed by atoms with Gasteiger partial charge >= 0.3 is 0 Å². The number of aromatic nitrogens is 2. The second-order valence-electron chi connectivity index (χ2n) is 3.23. The first kappa shape index (κ1) is 13.7. The molecule has 0 unspecified atom stereocenters. The van der Waals surface area contributed by atoms with Crippen molar-refractivity contribution in [2.75, 3.05) is 30.9 Å². The molecule has 94 valence electrons. The number of carbonyl (C=O) groups excluding carboxylic acids is 1. The van der Waals surface area contributed by atoms with Crippen LogP contribution in [0, 0.1) is 0 Å². The molecule has 0 bridgehead atoms. The van der Waals surface area contributed by atoms with E-state index in [1.807, 2.05) is 0 Å². The second kappa shape index (κ2) is 7.81. The van der Waals surface area contributed by atoms with Gasteiger partial charge in [0.05, 0.1) is 11.9 Å². The smallest absolute Gasteiger partial charge is 0.224 e. The van der Waals surface area contributed by atoms with Crippen molar-refractivity contribution in [3.63, 3.8) is 0 Å². The highest BCUT2D eigenvalue weighted by atomic mass is 35.5. The standard InChI is InChI=1S/C6H7ClN4O.C4H8O/c1-8-4-2-9-6(7)11-5(4)10-3-12;1-2-4-5-3-1/h2-3,8H,1H3,(H,9,10,11,12);1-4H2. The molecule has 1 saturated heterocycles. The van der Waals surface area contributed by atoms with Crippen LogP contribution in [-0.4, -0.2) is 36.6 Å². The summed E-state index contributed by atoms with van der Waals surface area (Å²) in [6.45, 7) is 2.00. The summed E-state index contributed by atoms with van der Waals surface area (Å²) >= 11 is 5.50. The molecule has 17 heavy (non-hydrogen) atoms. The van der Waals surface area contributed by atoms with Crippen LogP contribution < -0.4 is 10.6 Å². The van der Waals surface area contributed by atoms with Crippen LogP contribution in [0.2, 0.25) is 5.28 Å². The van der Waals surface area contributed by atoms with Crippen LogP contribution in [-0.2, 0) is 9.53 Å². The van der Waals surface area contributed by atoms with Crippen LogP contribution in [0.15, 0.2) is 6.20 Å². The lowest BCUT2D eigenvalue weighted by molar-refractivity contribution is -0.105. The van der Waals surface area contributed by atoms with Gasteiger partial charge in [0.1, 0.15) is 0 Å². The summed E-state index contributed by atoms with van der Waals surface area (Å²) in [6.07, 6.45) is 4.57. The molecule has 1 aliphatic rings. The van der Waals surface area contributed by atoms with Gasteiger partial charge in [-0.2, -0.15) is 4.98 Å². The quantitative estimate of drug-likeness (QED) is 0.635. The number of halogens is 1. The monoisotopic (exact) mass is 258 g/mol. The van der Waals surface area contributed by atoms with E-state index in [4.69, 9.17) is 16.3 Å². The van der Waals surface area contributed by atoms with Gasteiger partial charge in [0.15, 0.2) is 5.82 Å². The Morgan fingerprint density at radius 1 is 1.47 bits per heavy atom. The topological polar surface area (TPSA) is 76.1 Å². The molecule has 0 spiro atoms. The lowest BCUT2D eigenvalue weighted by Crippen LogP contribution is -2.03. The maximum absolute atomic E-state index is 10.1. The molecule has 0 atom stereocenters. The molecule has 2 rings (SSSR count). The largest absolute Gasteiger partial charge is 0.384 e. The van der Waals surface area contributed by atoms with Crippen LogP contribution in [0.5, 0.6) is 0 Å². The van der Waals surface area contributed by atoms with E-state index in [0.717, 1.165) is 13.2 Å². The van der Waals surface area contributed by atoms with Crippen molar-refractivity contribution >= 4 is 29.5 Å². The van der Waals surface area contributed by atoms with Crippen molar-refractivity contribution in [1.29, 1.82) is 0 Å². The number of rotatable bonds is 3. The molecule has 6 nitrogen and oxygen atoms in total. The van der Waals surface area contributed by atoms with Gasteiger partial charge in [-0.15, -0.1) is 0 Å². The predicted octanol–water partition coefficient (Wildman–Crippen LogP) is 1.54. The minimum absolute atomic E-state index is 0.0957. The third-order valence-corrected chi connectivity index (χ3v) is 2.23. The zero-order chi connectivity index (χ0) is 12.5. The minimum Gasteiger partial charge on any atom is -0.384 e. The minimum atomic E-state index is 0.0957. The molecule has 1 amide bonds. The first-order valence-electron chi connectivity index (χ1n) is 5.26. The van der Waals surface area contributed by atoms with Gasteiger partial charge in [0, 0.05) is 20.3 Å². The molecule has 7 heteroatoms. The maximum Gasteiger partial charge on any atom is 0.224 e. The number of amides is 1. The van der Waals surface area contributed by atoms with E-state index in [-0.39, 0.29) is 5.28 Å². The zero-order valence-corrected chi connectivity index (χ0v) is 10.3. The molecule has 0 saturated carbocycles. The molecule has 1 aliphatic heterocycles. The fraction of sp³-hybridized carbons (Fsp3) is 0.500. The number of nitrogens with zero attached hydrogens (tertiary/aromatic N) is 2. The first-order chi connectivity index (χ1) is 8.27. The van der Waals surface area contributed by atoms with Gasteiger partial charge in [-0.25, -0.2) is 4.98 Å². The second-order valence-corrected chi connectivity index (χ2v) is 3.57. The Morgan fingerprint density at radius 2 is 2.18 bits per heavy atom. The molecule has 1 fully saturated rings. The van der Waals surface area contributed by atoms with Crippen molar-refractivity contribution in [2.24, 2.45) is 0 Å². The fourth-order valence-corrected chi connectivity index (χ4v) is 1.35. The zero-order valence-electron chi connectivity index (χ0n) is 9.57. The van der Waals surface area contributed by atoms with Crippen LogP contribution in [0.25, 0.3) is 0 Å². The summed E-state index contributed by atoms with van der Waals surface area (Å²) in [6, 6.07) is 0. The summed E-state index contributed by atoms with van der Waals surface area (Å²) in [7, 11) is 1.70. The molecule has 0 aliphatic carbocycles. The van der Waals surface area contributed by atoms with Gasteiger partial charge in [-0.3, -0.25) is 4.79 Å². The number of ether oxygens (including phenoxy) is 1. The normalized spacial score (nSPS) is 13.5. The third kappa shape index (κ3) is 4.97. The Bertz CT molecular complexity index is 351. The van der Waals surface area contributed by atoms with Crippen LogP contribution in [0.1, 0.15) is 12.8 Å². The van der Waals surface area contributed by atoms with Crippen LogP contribution in [0.3, 0.4) is 0 Å². The molecular weight excluding hydrogens is 244 g/mol. The van der Waals surface area contributed by atoms with Crippen molar-refractivity contribution in [1.82, 2.24) is 9.97 Å². The van der Waals surface area contributed by atoms with Gasteiger partial charge < -0.3 is 15.4 Å². The SMILES string of the molecule is C1CCOC1.CNc1cnc(Cl)nc1NC=O. The summed E-state index contributed by atoms with van der Waals surface area (Å²) in [5, 5.41) is 5.29. The first-order valence-corrected chi connectivity index (χ1v) is 5.64. The summed E-state index contributed by atoms with van der Waals surface area (Å²) in [4.78, 5) is 17.6. The van der Waals surface area contributed by atoms with Gasteiger partial charge in [0.2, 0.25) is 11.7 Å². The average Bonchev–Trinajstić information content (AvgIpc) is 2.88. The molecule has 0 radical (unpaired) electrons. The Labute approximate surface area is 105 Å². The van der Waals surface area contributed by atoms with Crippen LogP contribution >= 0.6 is 11.6 Å². The molecule has 1 aromatic heterocycles. The highest BCUT2D eigenvalue weighted by Crippen LogP contribution is 2.17. The Balaban J connectivity index is 0.000000239. The maximum atomic E-state index is 10.1. The number of nitrogens with one attached hydrogen (secondary N) is 2. The summed E-state index contributed by atoms with van der Waals surface area (Å²) in [5.41, 5.74) is 0.617. The predicted molar refractivity (Wildman–Crippen MR) is 66.3 cm³/mol. The summed E-state index contributed by atoms with van der Waals surface area (Å²) < 4.78 is 4.94. The lowest BCUT2D eigenvalue weighted by Gasteiger charge is -2.04. The van der Waals surface area contributed by atoms with E-state index >= 15 is 0 Å². The lowest BCUT2D eigenvalue weighted by atomic mass is 10.4. The molecule has 1 aromatic rings.